The molecule has 0 atom stereocenters. The van der Waals surface area contributed by atoms with Gasteiger partial charge in [-0.1, -0.05) is 6.07 Å². The number of halogens is 1. The van der Waals surface area contributed by atoms with Gasteiger partial charge in [-0.2, -0.15) is 0 Å². The van der Waals surface area contributed by atoms with Crippen LogP contribution in [0.3, 0.4) is 0 Å². The zero-order chi connectivity index (χ0) is 13.1. The minimum absolute atomic E-state index is 0.327. The van der Waals surface area contributed by atoms with Crippen molar-refractivity contribution in [2.45, 2.75) is 0 Å². The molecule has 0 radical (unpaired) electrons. The van der Waals surface area contributed by atoms with E-state index in [1.165, 1.54) is 11.3 Å². The fourth-order valence-electron chi connectivity index (χ4n) is 1.40. The van der Waals surface area contributed by atoms with Gasteiger partial charge in [0.15, 0.2) is 0 Å². The maximum Gasteiger partial charge on any atom is 0.286 e. The minimum atomic E-state index is -0.367. The summed E-state index contributed by atoms with van der Waals surface area (Å²) in [5.41, 5.74) is 5.18. The maximum atomic E-state index is 11.8. The standard InChI is InChI=1S/C11H10BrN3O2S/c1-15-6-7(12)5-8(15)10(16)13-14-11(17)9-3-2-4-18-9/h2-6H,1H3,(H,13,16)(H,14,17). The largest absolute Gasteiger partial charge is 0.345 e. The van der Waals surface area contributed by atoms with Gasteiger partial charge in [0.2, 0.25) is 0 Å². The molecule has 2 rings (SSSR count). The Bertz CT molecular complexity index is 577. The quantitative estimate of drug-likeness (QED) is 0.828. The highest BCUT2D eigenvalue weighted by Crippen LogP contribution is 2.13. The Morgan fingerprint density at radius 3 is 2.61 bits per heavy atom. The summed E-state index contributed by atoms with van der Waals surface area (Å²) >= 11 is 4.59. The molecule has 0 aliphatic carbocycles. The summed E-state index contributed by atoms with van der Waals surface area (Å²) in [4.78, 5) is 23.9. The van der Waals surface area contributed by atoms with Crippen LogP contribution in [-0.4, -0.2) is 16.4 Å². The van der Waals surface area contributed by atoms with E-state index in [1.54, 1.807) is 41.4 Å². The molecule has 18 heavy (non-hydrogen) atoms. The summed E-state index contributed by atoms with van der Waals surface area (Å²) in [6.45, 7) is 0. The fraction of sp³-hybridized carbons (Fsp3) is 0.0909. The van der Waals surface area contributed by atoms with Crippen molar-refractivity contribution in [2.75, 3.05) is 0 Å². The number of nitrogens with zero attached hydrogens (tertiary/aromatic N) is 1. The molecular formula is C11H10BrN3O2S. The fourth-order valence-corrected chi connectivity index (χ4v) is 2.54. The van der Waals surface area contributed by atoms with Gasteiger partial charge in [-0.15, -0.1) is 11.3 Å². The number of hydrogen-bond acceptors (Lipinski definition) is 3. The maximum absolute atomic E-state index is 11.8. The molecule has 0 fully saturated rings. The van der Waals surface area contributed by atoms with Gasteiger partial charge in [0.1, 0.15) is 5.69 Å². The molecule has 94 valence electrons. The molecule has 2 heterocycles. The van der Waals surface area contributed by atoms with Crippen LogP contribution in [0.5, 0.6) is 0 Å². The van der Waals surface area contributed by atoms with Crippen LogP contribution in [0, 0.1) is 0 Å². The lowest BCUT2D eigenvalue weighted by atomic mass is 10.4. The highest BCUT2D eigenvalue weighted by Gasteiger charge is 2.12. The molecule has 0 saturated heterocycles. The second-order valence-corrected chi connectivity index (χ2v) is 5.40. The molecule has 2 aromatic rings. The van der Waals surface area contributed by atoms with Crippen LogP contribution in [0.25, 0.3) is 0 Å². The van der Waals surface area contributed by atoms with Gasteiger partial charge >= 0.3 is 0 Å². The predicted molar refractivity (Wildman–Crippen MR) is 72.4 cm³/mol. The lowest BCUT2D eigenvalue weighted by molar-refractivity contribution is 0.0844. The van der Waals surface area contributed by atoms with Crippen molar-refractivity contribution >= 4 is 39.1 Å². The van der Waals surface area contributed by atoms with Crippen molar-refractivity contribution in [3.8, 4) is 0 Å². The second kappa shape index (κ2) is 5.36. The summed E-state index contributed by atoms with van der Waals surface area (Å²) in [5.74, 6) is -0.695. The molecule has 7 heteroatoms. The summed E-state index contributed by atoms with van der Waals surface area (Å²) in [6.07, 6.45) is 1.76. The first-order valence-electron chi connectivity index (χ1n) is 5.04. The molecule has 2 aromatic heterocycles. The number of carbonyl (C=O) groups is 2. The van der Waals surface area contributed by atoms with E-state index in [-0.39, 0.29) is 11.8 Å². The van der Waals surface area contributed by atoms with Crippen molar-refractivity contribution in [2.24, 2.45) is 7.05 Å². The molecule has 2 amide bonds. The predicted octanol–water partition coefficient (Wildman–Crippen LogP) is 1.92. The van der Waals surface area contributed by atoms with Crippen LogP contribution in [0.15, 0.2) is 34.2 Å². The van der Waals surface area contributed by atoms with E-state index < -0.39 is 0 Å². The van der Waals surface area contributed by atoms with Gasteiger partial charge in [0, 0.05) is 17.7 Å². The van der Waals surface area contributed by atoms with Crippen LogP contribution in [0.1, 0.15) is 20.2 Å². The molecule has 0 bridgehead atoms. The number of nitrogens with one attached hydrogen (secondary N) is 2. The molecule has 0 spiro atoms. The zero-order valence-electron chi connectivity index (χ0n) is 9.44. The summed E-state index contributed by atoms with van der Waals surface area (Å²) in [6, 6.07) is 5.13. The van der Waals surface area contributed by atoms with E-state index >= 15 is 0 Å². The number of amides is 2. The van der Waals surface area contributed by atoms with Crippen LogP contribution in [0.2, 0.25) is 0 Å². The van der Waals surface area contributed by atoms with E-state index in [1.807, 2.05) is 0 Å². The van der Waals surface area contributed by atoms with Crippen LogP contribution in [-0.2, 0) is 7.05 Å². The van der Waals surface area contributed by atoms with Gasteiger partial charge in [0.25, 0.3) is 11.8 Å². The van der Waals surface area contributed by atoms with Gasteiger partial charge in [-0.3, -0.25) is 20.4 Å². The van der Waals surface area contributed by atoms with Gasteiger partial charge in [-0.25, -0.2) is 0 Å². The first-order valence-corrected chi connectivity index (χ1v) is 6.71. The van der Waals surface area contributed by atoms with Gasteiger partial charge < -0.3 is 4.57 Å². The number of hydrazine groups is 1. The Labute approximate surface area is 116 Å². The molecule has 0 saturated carbocycles. The van der Waals surface area contributed by atoms with E-state index in [2.05, 4.69) is 26.8 Å². The topological polar surface area (TPSA) is 63.1 Å². The molecular weight excluding hydrogens is 318 g/mol. The van der Waals surface area contributed by atoms with Crippen LogP contribution in [0.4, 0.5) is 0 Å². The third-order valence-corrected chi connectivity index (χ3v) is 3.54. The lowest BCUT2D eigenvalue weighted by Gasteiger charge is -2.06. The van der Waals surface area contributed by atoms with Crippen molar-refractivity contribution < 1.29 is 9.59 Å². The Kier molecular flexibility index (Phi) is 3.83. The van der Waals surface area contributed by atoms with E-state index in [9.17, 15) is 9.59 Å². The molecule has 0 aliphatic heterocycles. The molecule has 0 unspecified atom stereocenters. The van der Waals surface area contributed by atoms with Crippen molar-refractivity contribution in [1.82, 2.24) is 15.4 Å². The Morgan fingerprint density at radius 2 is 2.06 bits per heavy atom. The lowest BCUT2D eigenvalue weighted by Crippen LogP contribution is -2.41. The Hall–Kier alpha value is -1.60. The number of aromatic nitrogens is 1. The highest BCUT2D eigenvalue weighted by atomic mass is 79.9. The average molecular weight is 328 g/mol. The molecule has 2 N–H and O–H groups in total. The number of aryl methyl sites for hydroxylation is 1. The zero-order valence-corrected chi connectivity index (χ0v) is 11.8. The van der Waals surface area contributed by atoms with E-state index in [0.717, 1.165) is 4.47 Å². The van der Waals surface area contributed by atoms with Crippen molar-refractivity contribution in [1.29, 1.82) is 0 Å². The third-order valence-electron chi connectivity index (χ3n) is 2.24. The Balaban J connectivity index is 1.97. The van der Waals surface area contributed by atoms with Gasteiger partial charge in [-0.05, 0) is 33.4 Å². The summed E-state index contributed by atoms with van der Waals surface area (Å²) in [5, 5.41) is 1.80. The normalized spacial score (nSPS) is 10.1. The van der Waals surface area contributed by atoms with E-state index in [4.69, 9.17) is 0 Å². The highest BCUT2D eigenvalue weighted by molar-refractivity contribution is 9.10. The SMILES string of the molecule is Cn1cc(Br)cc1C(=O)NNC(=O)c1cccs1. The smallest absolute Gasteiger partial charge is 0.286 e. The number of thiophene rings is 1. The van der Waals surface area contributed by atoms with Gasteiger partial charge in [0.05, 0.1) is 4.88 Å². The molecule has 5 nitrogen and oxygen atoms in total. The first-order chi connectivity index (χ1) is 8.58. The molecule has 0 aromatic carbocycles. The van der Waals surface area contributed by atoms with E-state index in [0.29, 0.717) is 10.6 Å². The summed E-state index contributed by atoms with van der Waals surface area (Å²) < 4.78 is 2.47. The first kappa shape index (κ1) is 12.8. The van der Waals surface area contributed by atoms with Crippen LogP contribution < -0.4 is 10.9 Å². The van der Waals surface area contributed by atoms with Crippen LogP contribution >= 0.6 is 27.3 Å². The average Bonchev–Trinajstić information content (AvgIpc) is 2.95. The van der Waals surface area contributed by atoms with Crippen molar-refractivity contribution in [3.63, 3.8) is 0 Å². The Morgan fingerprint density at radius 1 is 1.33 bits per heavy atom. The summed E-state index contributed by atoms with van der Waals surface area (Å²) in [7, 11) is 1.75. The number of rotatable bonds is 2. The monoisotopic (exact) mass is 327 g/mol. The second-order valence-electron chi connectivity index (χ2n) is 3.54. The van der Waals surface area contributed by atoms with Crippen molar-refractivity contribution in [3.05, 3.63) is 44.8 Å². The third kappa shape index (κ3) is 2.80. The minimum Gasteiger partial charge on any atom is -0.345 e. The number of carbonyl (C=O) groups excluding carboxylic acids is 2. The number of hydrogen-bond donors (Lipinski definition) is 2. The molecule has 0 aliphatic rings.